The molecule has 0 aliphatic heterocycles. The molecule has 0 unspecified atom stereocenters. The fourth-order valence-electron chi connectivity index (χ4n) is 0. The molecule has 0 heterocycles. The molecule has 0 N–H and O–H groups in total. The van der Waals surface area contributed by atoms with Crippen molar-refractivity contribution in [3.63, 3.8) is 0 Å². The molecular weight excluding hydrogens is 122 g/mol. The third kappa shape index (κ3) is 7.02. The first-order chi connectivity index (χ1) is 2.64. The molecule has 3 heteroatoms. The van der Waals surface area contributed by atoms with E-state index in [-0.39, 0.29) is 23.1 Å². The van der Waals surface area contributed by atoms with Gasteiger partial charge in [-0.05, 0) is 25.6 Å². The first-order valence-corrected chi connectivity index (χ1v) is 2.37. The Morgan fingerprint density at radius 2 is 1.57 bits per heavy atom. The molecule has 0 atom stereocenters. The van der Waals surface area contributed by atoms with Crippen LogP contribution in [0.5, 0.6) is 0 Å². The molecule has 0 radical (unpaired) electrons. The van der Waals surface area contributed by atoms with Crippen LogP contribution in [-0.4, -0.2) is 40.6 Å². The van der Waals surface area contributed by atoms with Crippen LogP contribution >= 0.6 is 11.8 Å². The van der Waals surface area contributed by atoms with E-state index in [0.29, 0.717) is 6.04 Å². The average molecular weight is 134 g/mol. The van der Waals surface area contributed by atoms with Gasteiger partial charge in [0.2, 0.25) is 0 Å². The Bertz CT molecular complexity index is 32.7. The van der Waals surface area contributed by atoms with Gasteiger partial charge in [0.05, 0.1) is 0 Å². The smallest absolute Gasteiger partial charge is 0.221 e. The maximum Gasteiger partial charge on any atom is 0.316 e. The Labute approximate surface area is 66.3 Å². The molecule has 0 saturated heterocycles. The summed E-state index contributed by atoms with van der Waals surface area (Å²) in [5.41, 5.74) is 0. The predicted octanol–water partition coefficient (Wildman–Crippen LogP) is 0.564. The SMILES string of the molecule is CC(C)N(C)Cl.[MgH2]. The molecule has 0 saturated carbocycles. The van der Waals surface area contributed by atoms with Crippen molar-refractivity contribution < 1.29 is 0 Å². The lowest BCUT2D eigenvalue weighted by molar-refractivity contribution is 0.453. The minimum atomic E-state index is 0. The van der Waals surface area contributed by atoms with Crippen LogP contribution in [0.25, 0.3) is 0 Å². The number of hydrogen-bond acceptors (Lipinski definition) is 1. The molecule has 0 aliphatic rings. The molecule has 0 rings (SSSR count). The van der Waals surface area contributed by atoms with Crippen LogP contribution < -0.4 is 0 Å². The van der Waals surface area contributed by atoms with Crippen LogP contribution in [0.4, 0.5) is 0 Å². The summed E-state index contributed by atoms with van der Waals surface area (Å²) in [6, 6.07) is 0.451. The van der Waals surface area contributed by atoms with E-state index in [1.54, 1.807) is 4.42 Å². The highest BCUT2D eigenvalue weighted by atomic mass is 35.5. The Balaban J connectivity index is 0. The summed E-state index contributed by atoms with van der Waals surface area (Å²) in [5.74, 6) is 0. The molecule has 0 aliphatic carbocycles. The van der Waals surface area contributed by atoms with Crippen LogP contribution in [0, 0.1) is 0 Å². The molecule has 0 spiro atoms. The predicted molar refractivity (Wildman–Crippen MR) is 37.3 cm³/mol. The fourth-order valence-corrected chi connectivity index (χ4v) is 0. The van der Waals surface area contributed by atoms with Crippen LogP contribution in [-0.2, 0) is 0 Å². The van der Waals surface area contributed by atoms with E-state index < -0.39 is 0 Å². The number of nitrogens with zero attached hydrogens (tertiary/aromatic N) is 1. The molecular formula is C4H12ClMgN. The lowest BCUT2D eigenvalue weighted by atomic mass is 10.4. The molecule has 1 nitrogen and oxygen atoms in total. The molecule has 0 bridgehead atoms. The Hall–Kier alpha value is 1.02. The molecule has 0 aromatic carbocycles. The summed E-state index contributed by atoms with van der Waals surface area (Å²) < 4.78 is 1.64. The van der Waals surface area contributed by atoms with Gasteiger partial charge in [0.25, 0.3) is 0 Å². The minimum Gasteiger partial charge on any atom is -0.221 e. The van der Waals surface area contributed by atoms with Gasteiger partial charge in [-0.2, -0.15) is 0 Å². The van der Waals surface area contributed by atoms with Crippen molar-refractivity contribution in [3.8, 4) is 0 Å². The third-order valence-electron chi connectivity index (χ3n) is 0.712. The van der Waals surface area contributed by atoms with E-state index in [9.17, 15) is 0 Å². The molecule has 0 aromatic rings. The van der Waals surface area contributed by atoms with Crippen LogP contribution in [0.3, 0.4) is 0 Å². The van der Waals surface area contributed by atoms with Crippen LogP contribution in [0.2, 0.25) is 0 Å². The van der Waals surface area contributed by atoms with Gasteiger partial charge in [0.1, 0.15) is 0 Å². The summed E-state index contributed by atoms with van der Waals surface area (Å²) in [4.78, 5) is 0. The van der Waals surface area contributed by atoms with Gasteiger partial charge in [0, 0.05) is 13.1 Å². The highest BCUT2D eigenvalue weighted by molar-refractivity contribution is 6.13. The van der Waals surface area contributed by atoms with Gasteiger partial charge in [-0.25, -0.2) is 4.42 Å². The van der Waals surface area contributed by atoms with E-state index >= 15 is 0 Å². The second-order valence-electron chi connectivity index (χ2n) is 1.62. The van der Waals surface area contributed by atoms with Crippen LogP contribution in [0.15, 0.2) is 0 Å². The summed E-state index contributed by atoms with van der Waals surface area (Å²) in [5, 5.41) is 0. The number of halogens is 1. The minimum absolute atomic E-state index is 0. The third-order valence-corrected chi connectivity index (χ3v) is 1.10. The van der Waals surface area contributed by atoms with Crippen molar-refractivity contribution in [2.45, 2.75) is 19.9 Å². The zero-order valence-corrected chi connectivity index (χ0v) is 5.16. The lowest BCUT2D eigenvalue weighted by Crippen LogP contribution is -2.14. The molecule has 0 fully saturated rings. The highest BCUT2D eigenvalue weighted by Crippen LogP contribution is 1.94. The second-order valence-corrected chi connectivity index (χ2v) is 2.15. The number of hydrogen-bond donors (Lipinski definition) is 0. The van der Waals surface area contributed by atoms with E-state index in [1.165, 1.54) is 0 Å². The quantitative estimate of drug-likeness (QED) is 0.374. The van der Waals surface area contributed by atoms with E-state index in [0.717, 1.165) is 0 Å². The maximum absolute atomic E-state index is 5.45. The van der Waals surface area contributed by atoms with Crippen molar-refractivity contribution in [1.82, 2.24) is 4.42 Å². The first kappa shape index (κ1) is 10.9. The van der Waals surface area contributed by atoms with Crippen molar-refractivity contribution in [2.24, 2.45) is 0 Å². The lowest BCUT2D eigenvalue weighted by Gasteiger charge is -2.08. The largest absolute Gasteiger partial charge is 0.316 e. The zero-order valence-electron chi connectivity index (χ0n) is 4.40. The van der Waals surface area contributed by atoms with Crippen LogP contribution in [0.1, 0.15) is 13.8 Å². The van der Waals surface area contributed by atoms with E-state index in [1.807, 2.05) is 20.9 Å². The van der Waals surface area contributed by atoms with Crippen molar-refractivity contribution >= 4 is 34.8 Å². The highest BCUT2D eigenvalue weighted by Gasteiger charge is 1.93. The average Bonchev–Trinajstić information content (AvgIpc) is 1.36. The second kappa shape index (κ2) is 5.16. The van der Waals surface area contributed by atoms with Crippen molar-refractivity contribution in [1.29, 1.82) is 0 Å². The summed E-state index contributed by atoms with van der Waals surface area (Å²) >= 11 is 5.45. The van der Waals surface area contributed by atoms with Gasteiger partial charge in [-0.15, -0.1) is 0 Å². The van der Waals surface area contributed by atoms with Crippen molar-refractivity contribution in [2.75, 3.05) is 7.05 Å². The summed E-state index contributed by atoms with van der Waals surface area (Å²) in [6.45, 7) is 4.07. The topological polar surface area (TPSA) is 3.24 Å². The zero-order chi connectivity index (χ0) is 5.15. The van der Waals surface area contributed by atoms with Gasteiger partial charge in [-0.1, -0.05) is 0 Å². The Morgan fingerprint density at radius 3 is 1.57 bits per heavy atom. The standard InChI is InChI=1S/C4H10ClN.Mg.2H/c1-4(2)6(3)5;;;/h4H,1-3H3;;;. The summed E-state index contributed by atoms with van der Waals surface area (Å²) in [6.07, 6.45) is 0. The number of rotatable bonds is 1. The van der Waals surface area contributed by atoms with E-state index in [4.69, 9.17) is 11.8 Å². The van der Waals surface area contributed by atoms with Crippen molar-refractivity contribution in [3.05, 3.63) is 0 Å². The first-order valence-electron chi connectivity index (χ1n) is 2.03. The fraction of sp³-hybridized carbons (Fsp3) is 1.00. The van der Waals surface area contributed by atoms with E-state index in [2.05, 4.69) is 0 Å². The molecule has 7 heavy (non-hydrogen) atoms. The van der Waals surface area contributed by atoms with Gasteiger partial charge in [0.15, 0.2) is 0 Å². The monoisotopic (exact) mass is 133 g/mol. The summed E-state index contributed by atoms with van der Waals surface area (Å²) in [7, 11) is 1.84. The Kier molecular flexibility index (Phi) is 8.03. The van der Waals surface area contributed by atoms with Gasteiger partial charge >= 0.3 is 23.1 Å². The normalized spacial score (nSPS) is 9.43. The maximum atomic E-state index is 5.45. The molecule has 0 aromatic heterocycles. The molecule has 0 amide bonds. The van der Waals surface area contributed by atoms with Gasteiger partial charge < -0.3 is 0 Å². The Morgan fingerprint density at radius 1 is 1.43 bits per heavy atom. The van der Waals surface area contributed by atoms with Gasteiger partial charge in [-0.3, -0.25) is 0 Å². The molecule has 42 valence electrons.